The van der Waals surface area contributed by atoms with Crippen LogP contribution in [0.5, 0.6) is 5.75 Å². The fourth-order valence-corrected chi connectivity index (χ4v) is 2.88. The van der Waals surface area contributed by atoms with Gasteiger partial charge in [0.2, 0.25) is 0 Å². The zero-order valence-electron chi connectivity index (χ0n) is 12.6. The maximum absolute atomic E-state index is 5.24. The normalized spacial score (nSPS) is 19.6. The summed E-state index contributed by atoms with van der Waals surface area (Å²) in [5.41, 5.74) is 2.59. The molecular weight excluding hydrogens is 264 g/mol. The highest BCUT2D eigenvalue weighted by Gasteiger charge is 2.24. The number of nitrogens with zero attached hydrogens (tertiary/aromatic N) is 3. The Hall–Kier alpha value is -1.85. The van der Waals surface area contributed by atoms with E-state index in [1.54, 1.807) is 7.11 Å². The summed E-state index contributed by atoms with van der Waals surface area (Å²) in [6, 6.07) is 8.78. The average Bonchev–Trinajstić information content (AvgIpc) is 2.93. The minimum absolute atomic E-state index is 0.393. The van der Waals surface area contributed by atoms with Crippen molar-refractivity contribution in [2.75, 3.05) is 26.7 Å². The van der Waals surface area contributed by atoms with Crippen molar-refractivity contribution in [2.45, 2.75) is 12.6 Å². The fourth-order valence-electron chi connectivity index (χ4n) is 2.88. The second kappa shape index (κ2) is 6.28. The summed E-state index contributed by atoms with van der Waals surface area (Å²) < 4.78 is 7.10. The molecule has 1 unspecified atom stereocenters. The Morgan fingerprint density at radius 2 is 2.14 bits per heavy atom. The summed E-state index contributed by atoms with van der Waals surface area (Å²) in [6.45, 7) is 4.00. The Morgan fingerprint density at radius 1 is 1.33 bits per heavy atom. The molecule has 1 saturated heterocycles. The van der Waals surface area contributed by atoms with Crippen LogP contribution in [-0.4, -0.2) is 41.4 Å². The highest BCUT2D eigenvalue weighted by molar-refractivity contribution is 5.29. The van der Waals surface area contributed by atoms with Gasteiger partial charge in [-0.1, -0.05) is 12.1 Å². The molecule has 1 atom stereocenters. The van der Waals surface area contributed by atoms with E-state index >= 15 is 0 Å². The van der Waals surface area contributed by atoms with Crippen molar-refractivity contribution in [3.05, 3.63) is 47.8 Å². The zero-order valence-corrected chi connectivity index (χ0v) is 12.6. The molecule has 3 rings (SSSR count). The molecule has 5 heteroatoms. The van der Waals surface area contributed by atoms with Crippen LogP contribution in [0, 0.1) is 0 Å². The van der Waals surface area contributed by atoms with Gasteiger partial charge in [0.05, 0.1) is 13.3 Å². The van der Waals surface area contributed by atoms with E-state index in [4.69, 9.17) is 4.74 Å². The van der Waals surface area contributed by atoms with Crippen LogP contribution >= 0.6 is 0 Å². The fraction of sp³-hybridized carbons (Fsp3) is 0.438. The van der Waals surface area contributed by atoms with Crippen LogP contribution in [0.15, 0.2) is 36.7 Å². The molecule has 1 aromatic heterocycles. The Balaban J connectivity index is 1.76. The van der Waals surface area contributed by atoms with Gasteiger partial charge in [-0.15, -0.1) is 0 Å². The first kappa shape index (κ1) is 14.1. The minimum Gasteiger partial charge on any atom is -0.497 e. The molecule has 2 aromatic rings. The van der Waals surface area contributed by atoms with Crippen molar-refractivity contribution < 1.29 is 4.74 Å². The van der Waals surface area contributed by atoms with E-state index < -0.39 is 0 Å². The maximum Gasteiger partial charge on any atom is 0.118 e. The molecule has 0 bridgehead atoms. The number of piperazine rings is 1. The van der Waals surface area contributed by atoms with Crippen LogP contribution in [0.25, 0.3) is 0 Å². The Morgan fingerprint density at radius 3 is 2.81 bits per heavy atom. The van der Waals surface area contributed by atoms with E-state index in [2.05, 4.69) is 33.6 Å². The van der Waals surface area contributed by atoms with Crippen LogP contribution in [0.4, 0.5) is 0 Å². The highest BCUT2D eigenvalue weighted by atomic mass is 16.5. The maximum atomic E-state index is 5.24. The third-order valence-electron chi connectivity index (χ3n) is 4.00. The molecule has 2 heterocycles. The molecule has 5 nitrogen and oxygen atoms in total. The summed E-state index contributed by atoms with van der Waals surface area (Å²) in [7, 11) is 3.66. The molecule has 21 heavy (non-hydrogen) atoms. The molecule has 0 saturated carbocycles. The SMILES string of the molecule is COc1ccc(C2CNCCN2Cc2cnn(C)c2)cc1. The smallest absolute Gasteiger partial charge is 0.118 e. The Labute approximate surface area is 125 Å². The van der Waals surface area contributed by atoms with Crippen LogP contribution in [0.1, 0.15) is 17.2 Å². The van der Waals surface area contributed by atoms with Crippen molar-refractivity contribution in [1.29, 1.82) is 0 Å². The van der Waals surface area contributed by atoms with Gasteiger partial charge in [-0.2, -0.15) is 5.10 Å². The summed E-state index contributed by atoms with van der Waals surface area (Å²) in [6.07, 6.45) is 4.04. The number of ether oxygens (including phenoxy) is 1. The monoisotopic (exact) mass is 286 g/mol. The Bertz CT molecular complexity index is 578. The van der Waals surface area contributed by atoms with E-state index in [0.717, 1.165) is 31.9 Å². The molecule has 0 radical (unpaired) electrons. The lowest BCUT2D eigenvalue weighted by atomic mass is 10.0. The van der Waals surface area contributed by atoms with Crippen LogP contribution in [0.2, 0.25) is 0 Å². The van der Waals surface area contributed by atoms with Crippen molar-refractivity contribution in [3.8, 4) is 5.75 Å². The predicted octanol–water partition coefficient (Wildman–Crippen LogP) is 1.58. The number of hydrogen-bond acceptors (Lipinski definition) is 4. The number of aryl methyl sites for hydroxylation is 1. The molecule has 1 aliphatic rings. The lowest BCUT2D eigenvalue weighted by Gasteiger charge is -2.36. The summed E-state index contributed by atoms with van der Waals surface area (Å²) >= 11 is 0. The van der Waals surface area contributed by atoms with Crippen molar-refractivity contribution in [2.24, 2.45) is 7.05 Å². The van der Waals surface area contributed by atoms with E-state index in [-0.39, 0.29) is 0 Å². The Kier molecular flexibility index (Phi) is 4.22. The second-order valence-electron chi connectivity index (χ2n) is 5.49. The molecule has 0 spiro atoms. The lowest BCUT2D eigenvalue weighted by molar-refractivity contribution is 0.153. The van der Waals surface area contributed by atoms with Crippen molar-refractivity contribution in [1.82, 2.24) is 20.0 Å². The van der Waals surface area contributed by atoms with Gasteiger partial charge in [0.15, 0.2) is 0 Å². The first-order chi connectivity index (χ1) is 10.3. The van der Waals surface area contributed by atoms with E-state index in [9.17, 15) is 0 Å². The third-order valence-corrected chi connectivity index (χ3v) is 4.00. The number of methoxy groups -OCH3 is 1. The summed E-state index contributed by atoms with van der Waals surface area (Å²) in [5.74, 6) is 0.904. The number of benzene rings is 1. The molecule has 1 fully saturated rings. The van der Waals surface area contributed by atoms with E-state index in [0.29, 0.717) is 6.04 Å². The quantitative estimate of drug-likeness (QED) is 0.926. The van der Waals surface area contributed by atoms with Crippen LogP contribution < -0.4 is 10.1 Å². The number of hydrogen-bond donors (Lipinski definition) is 1. The molecule has 112 valence electrons. The average molecular weight is 286 g/mol. The first-order valence-corrected chi connectivity index (χ1v) is 7.32. The van der Waals surface area contributed by atoms with Gasteiger partial charge in [0, 0.05) is 51.0 Å². The summed E-state index contributed by atoms with van der Waals surface area (Å²) in [4.78, 5) is 2.51. The van der Waals surface area contributed by atoms with E-state index in [1.807, 2.05) is 30.1 Å². The third kappa shape index (κ3) is 3.25. The van der Waals surface area contributed by atoms with Gasteiger partial charge in [-0.05, 0) is 17.7 Å². The van der Waals surface area contributed by atoms with Gasteiger partial charge in [-0.3, -0.25) is 9.58 Å². The van der Waals surface area contributed by atoms with Crippen molar-refractivity contribution >= 4 is 0 Å². The number of rotatable bonds is 4. The van der Waals surface area contributed by atoms with Gasteiger partial charge in [-0.25, -0.2) is 0 Å². The van der Waals surface area contributed by atoms with Gasteiger partial charge in [0.1, 0.15) is 5.75 Å². The van der Waals surface area contributed by atoms with Gasteiger partial charge in [0.25, 0.3) is 0 Å². The van der Waals surface area contributed by atoms with E-state index in [1.165, 1.54) is 11.1 Å². The summed E-state index contributed by atoms with van der Waals surface area (Å²) in [5, 5.41) is 7.75. The highest BCUT2D eigenvalue weighted by Crippen LogP contribution is 2.25. The molecule has 0 aliphatic carbocycles. The first-order valence-electron chi connectivity index (χ1n) is 7.32. The standard InChI is InChI=1S/C16H22N4O/c1-19-11-13(9-18-19)12-20-8-7-17-10-16(20)14-3-5-15(21-2)6-4-14/h3-6,9,11,16-17H,7-8,10,12H2,1-2H3. The number of nitrogens with one attached hydrogen (secondary N) is 1. The predicted molar refractivity (Wildman–Crippen MR) is 82.2 cm³/mol. The second-order valence-corrected chi connectivity index (χ2v) is 5.49. The molecule has 1 aromatic carbocycles. The lowest BCUT2D eigenvalue weighted by Crippen LogP contribution is -2.45. The van der Waals surface area contributed by atoms with Gasteiger partial charge >= 0.3 is 0 Å². The molecular formula is C16H22N4O. The largest absolute Gasteiger partial charge is 0.497 e. The minimum atomic E-state index is 0.393. The topological polar surface area (TPSA) is 42.3 Å². The molecule has 1 aliphatic heterocycles. The molecule has 1 N–H and O–H groups in total. The zero-order chi connectivity index (χ0) is 14.7. The van der Waals surface area contributed by atoms with Gasteiger partial charge < -0.3 is 10.1 Å². The van der Waals surface area contributed by atoms with Crippen LogP contribution in [-0.2, 0) is 13.6 Å². The van der Waals surface area contributed by atoms with Crippen LogP contribution in [0.3, 0.4) is 0 Å². The number of aromatic nitrogens is 2. The molecule has 0 amide bonds. The van der Waals surface area contributed by atoms with Crippen molar-refractivity contribution in [3.63, 3.8) is 0 Å².